The van der Waals surface area contributed by atoms with E-state index in [9.17, 15) is 4.79 Å². The predicted molar refractivity (Wildman–Crippen MR) is 87.4 cm³/mol. The lowest BCUT2D eigenvalue weighted by molar-refractivity contribution is -0.119. The zero-order valence-electron chi connectivity index (χ0n) is 13.1. The Kier molecular flexibility index (Phi) is 4.73. The van der Waals surface area contributed by atoms with E-state index in [0.29, 0.717) is 6.04 Å². The lowest BCUT2D eigenvalue weighted by atomic mass is 9.99. The van der Waals surface area contributed by atoms with Gasteiger partial charge in [-0.1, -0.05) is 18.6 Å². The van der Waals surface area contributed by atoms with E-state index in [1.807, 2.05) is 18.2 Å². The molecule has 0 saturated carbocycles. The Morgan fingerprint density at radius 1 is 1.41 bits per heavy atom. The number of amides is 1. The Morgan fingerprint density at radius 2 is 2.27 bits per heavy atom. The highest BCUT2D eigenvalue weighted by molar-refractivity contribution is 5.74. The van der Waals surface area contributed by atoms with E-state index in [-0.39, 0.29) is 5.91 Å². The molecule has 1 unspecified atom stereocenters. The molecule has 2 aromatic rings. The minimum Gasteiger partial charge on any atom is -0.356 e. The average molecular weight is 300 g/mol. The van der Waals surface area contributed by atoms with Gasteiger partial charge in [0.2, 0.25) is 5.91 Å². The number of likely N-dealkylation sites (tertiary alicyclic amines) is 1. The maximum Gasteiger partial charge on any atom is 0.216 e. The largest absolute Gasteiger partial charge is 0.356 e. The van der Waals surface area contributed by atoms with Crippen LogP contribution in [0.2, 0.25) is 0 Å². The quantitative estimate of drug-likeness (QED) is 0.891. The van der Waals surface area contributed by atoms with Crippen molar-refractivity contribution >= 4 is 16.9 Å². The molecular weight excluding hydrogens is 276 g/mol. The summed E-state index contributed by atoms with van der Waals surface area (Å²) in [4.78, 5) is 21.6. The molecule has 1 aliphatic rings. The van der Waals surface area contributed by atoms with Gasteiger partial charge in [-0.25, -0.2) is 4.98 Å². The number of rotatable bonds is 5. The summed E-state index contributed by atoms with van der Waals surface area (Å²) >= 11 is 0. The molecule has 1 fully saturated rings. The number of aromatic nitrogens is 2. The van der Waals surface area contributed by atoms with Crippen LogP contribution in [0.4, 0.5) is 0 Å². The number of hydrogen-bond donors (Lipinski definition) is 2. The summed E-state index contributed by atoms with van der Waals surface area (Å²) in [5.74, 6) is 1.09. The third-order valence-corrected chi connectivity index (χ3v) is 4.39. The molecule has 22 heavy (non-hydrogen) atoms. The number of H-pyrrole nitrogens is 1. The van der Waals surface area contributed by atoms with E-state index < -0.39 is 0 Å². The third-order valence-electron chi connectivity index (χ3n) is 4.39. The summed E-state index contributed by atoms with van der Waals surface area (Å²) in [6.07, 6.45) is 4.75. The fourth-order valence-electron chi connectivity index (χ4n) is 3.28. The Balaban J connectivity index is 1.64. The molecule has 0 radical (unpaired) electrons. The highest BCUT2D eigenvalue weighted by atomic mass is 16.1. The van der Waals surface area contributed by atoms with Gasteiger partial charge < -0.3 is 10.3 Å². The maximum atomic E-state index is 11.0. The molecule has 0 bridgehead atoms. The lowest BCUT2D eigenvalue weighted by Gasteiger charge is -2.35. The molecule has 0 spiro atoms. The minimum atomic E-state index is 0.0552. The van der Waals surface area contributed by atoms with Crippen LogP contribution in [0.3, 0.4) is 0 Å². The van der Waals surface area contributed by atoms with Crippen molar-refractivity contribution in [3.63, 3.8) is 0 Å². The van der Waals surface area contributed by atoms with Gasteiger partial charge in [0, 0.05) is 19.5 Å². The Hall–Kier alpha value is -1.88. The van der Waals surface area contributed by atoms with Crippen LogP contribution in [-0.2, 0) is 11.3 Å². The number of hydrogen-bond acceptors (Lipinski definition) is 3. The molecule has 118 valence electrons. The van der Waals surface area contributed by atoms with Gasteiger partial charge in [-0.05, 0) is 37.9 Å². The molecule has 1 aliphatic heterocycles. The van der Waals surface area contributed by atoms with Crippen LogP contribution in [0, 0.1) is 0 Å². The second-order valence-corrected chi connectivity index (χ2v) is 6.09. The molecule has 2 heterocycles. The average Bonchev–Trinajstić information content (AvgIpc) is 2.91. The van der Waals surface area contributed by atoms with Gasteiger partial charge in [0.05, 0.1) is 17.6 Å². The molecule has 1 aromatic carbocycles. The van der Waals surface area contributed by atoms with Crippen LogP contribution in [0.1, 0.15) is 38.4 Å². The summed E-state index contributed by atoms with van der Waals surface area (Å²) < 4.78 is 0. The van der Waals surface area contributed by atoms with Crippen molar-refractivity contribution < 1.29 is 4.79 Å². The number of para-hydroxylation sites is 2. The minimum absolute atomic E-state index is 0.0552. The van der Waals surface area contributed by atoms with Crippen LogP contribution in [0.15, 0.2) is 24.3 Å². The van der Waals surface area contributed by atoms with E-state index >= 15 is 0 Å². The number of piperidine rings is 1. The third kappa shape index (κ3) is 3.65. The highest BCUT2D eigenvalue weighted by Gasteiger charge is 2.23. The number of nitrogens with zero attached hydrogens (tertiary/aromatic N) is 2. The van der Waals surface area contributed by atoms with Gasteiger partial charge >= 0.3 is 0 Å². The second kappa shape index (κ2) is 6.92. The Morgan fingerprint density at radius 3 is 3.09 bits per heavy atom. The molecule has 1 aromatic heterocycles. The molecule has 1 atom stereocenters. The number of fused-ring (bicyclic) bond motifs is 1. The fraction of sp³-hybridized carbons (Fsp3) is 0.529. The van der Waals surface area contributed by atoms with Gasteiger partial charge in [-0.2, -0.15) is 0 Å². The van der Waals surface area contributed by atoms with Gasteiger partial charge in [0.1, 0.15) is 5.82 Å². The second-order valence-electron chi connectivity index (χ2n) is 6.09. The molecule has 5 nitrogen and oxygen atoms in total. The normalized spacial score (nSPS) is 19.4. The number of nitrogens with one attached hydrogen (secondary N) is 2. The van der Waals surface area contributed by atoms with Crippen LogP contribution < -0.4 is 5.32 Å². The number of benzene rings is 1. The highest BCUT2D eigenvalue weighted by Crippen LogP contribution is 2.22. The van der Waals surface area contributed by atoms with Crippen molar-refractivity contribution in [3.8, 4) is 0 Å². The topological polar surface area (TPSA) is 61.0 Å². The molecule has 2 N–H and O–H groups in total. The number of aromatic amines is 1. The number of carbonyl (C=O) groups is 1. The fourth-order valence-corrected chi connectivity index (χ4v) is 3.28. The SMILES string of the molecule is CC(=O)NCCC1CCCCN1Cc1nc2ccccc2[nH]1. The van der Waals surface area contributed by atoms with Crippen molar-refractivity contribution in [2.45, 2.75) is 45.2 Å². The van der Waals surface area contributed by atoms with E-state index in [0.717, 1.165) is 42.9 Å². The first-order valence-electron chi connectivity index (χ1n) is 8.14. The summed E-state index contributed by atoms with van der Waals surface area (Å²) in [5, 5.41) is 2.91. The predicted octanol–water partition coefficient (Wildman–Crippen LogP) is 2.44. The number of carbonyl (C=O) groups excluding carboxylic acids is 1. The maximum absolute atomic E-state index is 11.0. The van der Waals surface area contributed by atoms with Crippen molar-refractivity contribution in [2.24, 2.45) is 0 Å². The first-order valence-corrected chi connectivity index (χ1v) is 8.14. The molecule has 5 heteroatoms. The van der Waals surface area contributed by atoms with Gasteiger partial charge in [-0.3, -0.25) is 9.69 Å². The van der Waals surface area contributed by atoms with E-state index in [4.69, 9.17) is 0 Å². The van der Waals surface area contributed by atoms with E-state index in [1.165, 1.54) is 19.3 Å². The molecular formula is C17H24N4O. The zero-order valence-corrected chi connectivity index (χ0v) is 13.1. The molecule has 1 amide bonds. The van der Waals surface area contributed by atoms with Crippen LogP contribution in [0.25, 0.3) is 11.0 Å². The first kappa shape index (κ1) is 15.0. The summed E-state index contributed by atoms with van der Waals surface area (Å²) in [7, 11) is 0. The Labute approximate surface area is 131 Å². The van der Waals surface area contributed by atoms with E-state index in [2.05, 4.69) is 26.3 Å². The van der Waals surface area contributed by atoms with Crippen molar-refractivity contribution in [2.75, 3.05) is 13.1 Å². The number of imidazole rings is 1. The van der Waals surface area contributed by atoms with Crippen molar-refractivity contribution in [3.05, 3.63) is 30.1 Å². The van der Waals surface area contributed by atoms with E-state index in [1.54, 1.807) is 6.92 Å². The Bertz CT molecular complexity index is 603. The van der Waals surface area contributed by atoms with Crippen LogP contribution in [0.5, 0.6) is 0 Å². The van der Waals surface area contributed by atoms with Crippen molar-refractivity contribution in [1.29, 1.82) is 0 Å². The summed E-state index contributed by atoms with van der Waals surface area (Å²) in [5.41, 5.74) is 2.13. The first-order chi connectivity index (χ1) is 10.7. The zero-order chi connectivity index (χ0) is 15.4. The van der Waals surface area contributed by atoms with Gasteiger partial charge in [0.15, 0.2) is 0 Å². The van der Waals surface area contributed by atoms with Crippen LogP contribution >= 0.6 is 0 Å². The monoisotopic (exact) mass is 300 g/mol. The summed E-state index contributed by atoms with van der Waals surface area (Å²) in [6, 6.07) is 8.69. The standard InChI is InChI=1S/C17H24N4O/c1-13(22)18-10-9-14-6-4-5-11-21(14)12-17-19-15-7-2-3-8-16(15)20-17/h2-3,7-8,14H,4-6,9-12H2,1H3,(H,18,22)(H,19,20). The van der Waals surface area contributed by atoms with Gasteiger partial charge in [-0.15, -0.1) is 0 Å². The van der Waals surface area contributed by atoms with Crippen molar-refractivity contribution in [1.82, 2.24) is 20.2 Å². The molecule has 0 aliphatic carbocycles. The molecule has 1 saturated heterocycles. The summed E-state index contributed by atoms with van der Waals surface area (Å²) in [6.45, 7) is 4.31. The molecule has 3 rings (SSSR count). The smallest absolute Gasteiger partial charge is 0.216 e. The lowest BCUT2D eigenvalue weighted by Crippen LogP contribution is -2.41. The van der Waals surface area contributed by atoms with Gasteiger partial charge in [0.25, 0.3) is 0 Å². The van der Waals surface area contributed by atoms with Crippen LogP contribution in [-0.4, -0.2) is 39.9 Å².